The van der Waals surface area contributed by atoms with Crippen molar-refractivity contribution < 1.29 is 0 Å². The van der Waals surface area contributed by atoms with Gasteiger partial charge in [-0.05, 0) is 31.0 Å². The Bertz CT molecular complexity index is 305. The average molecular weight is 236 g/mol. The average Bonchev–Trinajstić information content (AvgIpc) is 2.21. The molecule has 2 nitrogen and oxygen atoms in total. The van der Waals surface area contributed by atoms with Crippen LogP contribution in [0, 0.1) is 5.41 Å². The van der Waals surface area contributed by atoms with Gasteiger partial charge in [0, 0.05) is 20.1 Å². The first-order valence-corrected chi connectivity index (χ1v) is 6.12. The molecule has 0 rings (SSSR count). The molecular formula is C15H28N2. The van der Waals surface area contributed by atoms with Crippen LogP contribution in [-0.4, -0.2) is 29.9 Å². The number of hydrogen-bond donors (Lipinski definition) is 0. The predicted octanol–water partition coefficient (Wildman–Crippen LogP) is 3.85. The summed E-state index contributed by atoms with van der Waals surface area (Å²) in [7, 11) is 4.13. The lowest BCUT2D eigenvalue weighted by Crippen LogP contribution is -2.35. The zero-order valence-corrected chi connectivity index (χ0v) is 12.5. The minimum Gasteiger partial charge on any atom is -0.358 e. The molecule has 17 heavy (non-hydrogen) atoms. The summed E-state index contributed by atoms with van der Waals surface area (Å²) in [5, 5.41) is 0. The first-order valence-electron chi connectivity index (χ1n) is 6.12. The summed E-state index contributed by atoms with van der Waals surface area (Å²) >= 11 is 0. The van der Waals surface area contributed by atoms with Crippen molar-refractivity contribution in [3.8, 4) is 0 Å². The highest BCUT2D eigenvalue weighted by Crippen LogP contribution is 2.31. The van der Waals surface area contributed by atoms with Crippen molar-refractivity contribution in [2.45, 2.75) is 40.7 Å². The zero-order valence-electron chi connectivity index (χ0n) is 12.5. The van der Waals surface area contributed by atoms with Gasteiger partial charge in [0.15, 0.2) is 0 Å². The molecule has 0 saturated carbocycles. The third kappa shape index (κ3) is 3.95. The summed E-state index contributed by atoms with van der Waals surface area (Å²) in [6.07, 6.45) is 3.79. The van der Waals surface area contributed by atoms with E-state index in [9.17, 15) is 0 Å². The summed E-state index contributed by atoms with van der Waals surface area (Å²) in [6, 6.07) is 0.435. The fourth-order valence-electron chi connectivity index (χ4n) is 1.69. The fourth-order valence-corrected chi connectivity index (χ4v) is 1.69. The Morgan fingerprint density at radius 2 is 1.59 bits per heavy atom. The van der Waals surface area contributed by atoms with Crippen LogP contribution in [0.1, 0.15) is 34.6 Å². The highest BCUT2D eigenvalue weighted by Gasteiger charge is 2.23. The van der Waals surface area contributed by atoms with Gasteiger partial charge in [-0.25, -0.2) is 0 Å². The lowest BCUT2D eigenvalue weighted by atomic mass is 9.85. The van der Waals surface area contributed by atoms with Crippen molar-refractivity contribution in [3.63, 3.8) is 0 Å². The highest BCUT2D eigenvalue weighted by molar-refractivity contribution is 5.29. The molecule has 0 heterocycles. The zero-order chi connectivity index (χ0) is 13.8. The van der Waals surface area contributed by atoms with Crippen LogP contribution in [0.15, 0.2) is 36.8 Å². The molecule has 0 atom stereocenters. The van der Waals surface area contributed by atoms with E-state index in [0.29, 0.717) is 6.04 Å². The van der Waals surface area contributed by atoms with E-state index in [2.05, 4.69) is 64.6 Å². The van der Waals surface area contributed by atoms with E-state index in [1.54, 1.807) is 0 Å². The Hall–Kier alpha value is -1.18. The second kappa shape index (κ2) is 5.95. The third-order valence-corrected chi connectivity index (χ3v) is 2.97. The number of hydrogen-bond acceptors (Lipinski definition) is 2. The maximum Gasteiger partial charge on any atom is 0.111 e. The van der Waals surface area contributed by atoms with E-state index >= 15 is 0 Å². The SMILES string of the molecule is C=C/C(=C(\N(C)C=C)N(C)C(C)C)C(C)(C)C. The summed E-state index contributed by atoms with van der Waals surface area (Å²) < 4.78 is 0. The molecule has 0 aliphatic carbocycles. The van der Waals surface area contributed by atoms with E-state index in [4.69, 9.17) is 0 Å². The van der Waals surface area contributed by atoms with Gasteiger partial charge in [0.2, 0.25) is 0 Å². The number of nitrogens with zero attached hydrogens (tertiary/aromatic N) is 2. The molecule has 0 spiro atoms. The maximum absolute atomic E-state index is 3.96. The van der Waals surface area contributed by atoms with Crippen molar-refractivity contribution in [2.75, 3.05) is 14.1 Å². The van der Waals surface area contributed by atoms with E-state index in [1.165, 1.54) is 5.57 Å². The highest BCUT2D eigenvalue weighted by atomic mass is 15.3. The summed E-state index contributed by atoms with van der Waals surface area (Å²) in [5.74, 6) is 1.16. The molecule has 0 saturated heterocycles. The van der Waals surface area contributed by atoms with Crippen LogP contribution in [0.5, 0.6) is 0 Å². The van der Waals surface area contributed by atoms with Crippen LogP contribution >= 0.6 is 0 Å². The lowest BCUT2D eigenvalue weighted by molar-refractivity contribution is 0.257. The van der Waals surface area contributed by atoms with Crippen molar-refractivity contribution in [3.05, 3.63) is 36.8 Å². The van der Waals surface area contributed by atoms with Gasteiger partial charge < -0.3 is 9.80 Å². The topological polar surface area (TPSA) is 6.48 Å². The molecule has 0 N–H and O–H groups in total. The summed E-state index contributed by atoms with van der Waals surface area (Å²) in [6.45, 7) is 18.8. The predicted molar refractivity (Wildman–Crippen MR) is 77.5 cm³/mol. The van der Waals surface area contributed by atoms with E-state index in [-0.39, 0.29) is 5.41 Å². The molecule has 0 aromatic carbocycles. The van der Waals surface area contributed by atoms with Gasteiger partial charge in [0.05, 0.1) is 0 Å². The van der Waals surface area contributed by atoms with Crippen LogP contribution in [-0.2, 0) is 0 Å². The molecule has 0 fully saturated rings. The van der Waals surface area contributed by atoms with Crippen molar-refractivity contribution in [1.82, 2.24) is 9.80 Å². The summed E-state index contributed by atoms with van der Waals surface area (Å²) in [5.41, 5.74) is 1.30. The lowest BCUT2D eigenvalue weighted by Gasteiger charge is -2.37. The Morgan fingerprint density at radius 3 is 1.82 bits per heavy atom. The molecule has 0 aromatic rings. The van der Waals surface area contributed by atoms with Crippen molar-refractivity contribution >= 4 is 0 Å². The smallest absolute Gasteiger partial charge is 0.111 e. The maximum atomic E-state index is 3.96. The Balaban J connectivity index is 5.79. The van der Waals surface area contributed by atoms with Crippen LogP contribution in [0.3, 0.4) is 0 Å². The number of allylic oxidation sites excluding steroid dienone is 2. The van der Waals surface area contributed by atoms with Gasteiger partial charge in [-0.1, -0.05) is 40.0 Å². The van der Waals surface area contributed by atoms with Gasteiger partial charge in [0.1, 0.15) is 5.82 Å². The quantitative estimate of drug-likeness (QED) is 0.669. The standard InChI is InChI=1S/C15H28N2/c1-10-13(15(5,6)7)14(16(8)11-2)17(9)12(3)4/h10-12H,1-2H2,3-9H3/b14-13-. The van der Waals surface area contributed by atoms with E-state index < -0.39 is 0 Å². The minimum atomic E-state index is 0.0670. The first-order chi connectivity index (χ1) is 7.66. The van der Waals surface area contributed by atoms with Crippen LogP contribution in [0.2, 0.25) is 0 Å². The molecule has 2 heteroatoms. The molecule has 0 radical (unpaired) electrons. The third-order valence-electron chi connectivity index (χ3n) is 2.97. The molecule has 0 unspecified atom stereocenters. The van der Waals surface area contributed by atoms with Gasteiger partial charge in [-0.3, -0.25) is 0 Å². The molecular weight excluding hydrogens is 208 g/mol. The molecule has 0 amide bonds. The van der Waals surface area contributed by atoms with Crippen molar-refractivity contribution in [2.24, 2.45) is 5.41 Å². The molecule has 0 aliphatic rings. The van der Waals surface area contributed by atoms with E-state index in [0.717, 1.165) is 5.82 Å². The largest absolute Gasteiger partial charge is 0.358 e. The van der Waals surface area contributed by atoms with Gasteiger partial charge in [0.25, 0.3) is 0 Å². The second-order valence-corrected chi connectivity index (χ2v) is 5.69. The fraction of sp³-hybridized carbons (Fsp3) is 0.600. The van der Waals surface area contributed by atoms with Crippen LogP contribution < -0.4 is 0 Å². The van der Waals surface area contributed by atoms with E-state index in [1.807, 2.05) is 19.3 Å². The first kappa shape index (κ1) is 15.8. The van der Waals surface area contributed by atoms with Crippen LogP contribution in [0.25, 0.3) is 0 Å². The second-order valence-electron chi connectivity index (χ2n) is 5.69. The minimum absolute atomic E-state index is 0.0670. The number of rotatable bonds is 5. The Morgan fingerprint density at radius 1 is 1.12 bits per heavy atom. The normalized spacial score (nSPS) is 13.2. The van der Waals surface area contributed by atoms with Gasteiger partial charge >= 0.3 is 0 Å². The summed E-state index contributed by atoms with van der Waals surface area (Å²) in [4.78, 5) is 4.31. The van der Waals surface area contributed by atoms with Crippen LogP contribution in [0.4, 0.5) is 0 Å². The van der Waals surface area contributed by atoms with Gasteiger partial charge in [-0.2, -0.15) is 0 Å². The molecule has 0 bridgehead atoms. The molecule has 0 aromatic heterocycles. The van der Waals surface area contributed by atoms with Crippen molar-refractivity contribution in [1.29, 1.82) is 0 Å². The Kier molecular flexibility index (Phi) is 5.53. The molecule has 98 valence electrons. The molecule has 0 aliphatic heterocycles. The Labute approximate surface area is 107 Å². The van der Waals surface area contributed by atoms with Gasteiger partial charge in [-0.15, -0.1) is 0 Å². The monoisotopic (exact) mass is 236 g/mol.